The monoisotopic (exact) mass is 389 g/mol. The van der Waals surface area contributed by atoms with Gasteiger partial charge in [-0.1, -0.05) is 25.3 Å². The molecule has 3 rings (SSSR count). The van der Waals surface area contributed by atoms with E-state index in [0.717, 1.165) is 24.8 Å². The van der Waals surface area contributed by atoms with Gasteiger partial charge in [0.25, 0.3) is 11.8 Å². The summed E-state index contributed by atoms with van der Waals surface area (Å²) in [6.07, 6.45) is 3.79. The van der Waals surface area contributed by atoms with Crippen molar-refractivity contribution in [3.8, 4) is 5.75 Å². The fourth-order valence-corrected chi connectivity index (χ4v) is 3.53. The summed E-state index contributed by atoms with van der Waals surface area (Å²) in [5.41, 5.74) is 2.37. The Labute approximate surface area is 162 Å². The molecule has 1 heterocycles. The van der Waals surface area contributed by atoms with Crippen molar-refractivity contribution in [1.29, 1.82) is 0 Å². The predicted octanol–water partition coefficient (Wildman–Crippen LogP) is 1.45. The van der Waals surface area contributed by atoms with E-state index in [1.807, 2.05) is 6.92 Å². The van der Waals surface area contributed by atoms with Gasteiger partial charge in [0.2, 0.25) is 0 Å². The number of ether oxygens (including phenoxy) is 2. The summed E-state index contributed by atoms with van der Waals surface area (Å²) in [6.45, 7) is 1.21. The van der Waals surface area contributed by atoms with E-state index < -0.39 is 36.0 Å². The van der Waals surface area contributed by atoms with Gasteiger partial charge in [-0.3, -0.25) is 15.0 Å². The van der Waals surface area contributed by atoms with E-state index in [4.69, 9.17) is 9.47 Å². The van der Waals surface area contributed by atoms with Gasteiger partial charge in [0.05, 0.1) is 12.7 Å². The normalized spacial score (nSPS) is 18.0. The number of nitrogens with zero attached hydrogens (tertiary/aromatic N) is 1. The first kappa shape index (κ1) is 19.7. The number of hydrogen-bond acceptors (Lipinski definition) is 6. The van der Waals surface area contributed by atoms with Crippen LogP contribution in [0.2, 0.25) is 0 Å². The lowest BCUT2D eigenvalue weighted by atomic mass is 9.82. The van der Waals surface area contributed by atoms with Gasteiger partial charge < -0.3 is 14.8 Å². The van der Waals surface area contributed by atoms with Crippen LogP contribution < -0.4 is 15.5 Å². The number of rotatable bonds is 5. The van der Waals surface area contributed by atoms with Crippen LogP contribution in [-0.4, -0.2) is 48.1 Å². The number of amides is 4. The van der Waals surface area contributed by atoms with Crippen LogP contribution in [0.3, 0.4) is 0 Å². The minimum Gasteiger partial charge on any atom is -0.496 e. The number of nitrogens with one attached hydrogen (secondary N) is 2. The fourth-order valence-electron chi connectivity index (χ4n) is 3.53. The first-order valence-electron chi connectivity index (χ1n) is 9.14. The minimum absolute atomic E-state index is 0.228. The molecule has 0 bridgehead atoms. The Hall–Kier alpha value is -3.10. The van der Waals surface area contributed by atoms with E-state index >= 15 is 0 Å². The lowest BCUT2D eigenvalue weighted by Gasteiger charge is -2.30. The highest BCUT2D eigenvalue weighted by molar-refractivity contribution is 6.08. The molecule has 9 nitrogen and oxygen atoms in total. The Kier molecular flexibility index (Phi) is 5.53. The first-order chi connectivity index (χ1) is 13.4. The molecule has 2 N–H and O–H groups in total. The third kappa shape index (κ3) is 3.78. The molecule has 4 amide bonds. The Morgan fingerprint density at radius 3 is 2.61 bits per heavy atom. The van der Waals surface area contributed by atoms with Crippen LogP contribution in [0.4, 0.5) is 4.79 Å². The highest BCUT2D eigenvalue weighted by Crippen LogP contribution is 2.32. The summed E-state index contributed by atoms with van der Waals surface area (Å²) < 4.78 is 10.1. The molecule has 28 heavy (non-hydrogen) atoms. The van der Waals surface area contributed by atoms with Crippen molar-refractivity contribution < 1.29 is 28.7 Å². The molecule has 1 saturated heterocycles. The van der Waals surface area contributed by atoms with Crippen LogP contribution >= 0.6 is 0 Å². The van der Waals surface area contributed by atoms with Crippen LogP contribution in [0, 0.1) is 6.92 Å². The van der Waals surface area contributed by atoms with Crippen molar-refractivity contribution in [2.24, 2.45) is 0 Å². The molecular formula is C19H23N3O6. The zero-order valence-electron chi connectivity index (χ0n) is 15.9. The molecule has 1 aromatic carbocycles. The summed E-state index contributed by atoms with van der Waals surface area (Å²) in [7, 11) is 1.49. The second-order valence-electron chi connectivity index (χ2n) is 7.01. The molecule has 0 atom stereocenters. The number of imide groups is 1. The van der Waals surface area contributed by atoms with E-state index in [1.165, 1.54) is 13.2 Å². The molecule has 2 fully saturated rings. The van der Waals surface area contributed by atoms with Crippen LogP contribution in [0.5, 0.6) is 5.75 Å². The highest BCUT2D eigenvalue weighted by Gasteiger charge is 2.52. The number of methoxy groups -OCH3 is 1. The smallest absolute Gasteiger partial charge is 0.344 e. The van der Waals surface area contributed by atoms with Crippen LogP contribution in [0.25, 0.3) is 0 Å². The third-order valence-electron chi connectivity index (χ3n) is 5.08. The van der Waals surface area contributed by atoms with E-state index in [1.54, 1.807) is 12.1 Å². The lowest BCUT2D eigenvalue weighted by Crippen LogP contribution is -2.51. The van der Waals surface area contributed by atoms with Gasteiger partial charge in [-0.25, -0.2) is 9.59 Å². The van der Waals surface area contributed by atoms with Crippen molar-refractivity contribution in [3.63, 3.8) is 0 Å². The third-order valence-corrected chi connectivity index (χ3v) is 5.08. The number of benzene rings is 1. The molecule has 1 spiro atoms. The quantitative estimate of drug-likeness (QED) is 0.582. The molecular weight excluding hydrogens is 366 g/mol. The maximum absolute atomic E-state index is 12.6. The number of carbonyl (C=O) groups excluding carboxylic acids is 4. The Morgan fingerprint density at radius 1 is 1.21 bits per heavy atom. The molecule has 9 heteroatoms. The number of carbonyl (C=O) groups is 4. The lowest BCUT2D eigenvalue weighted by molar-refractivity contribution is -0.140. The van der Waals surface area contributed by atoms with Gasteiger partial charge >= 0.3 is 12.0 Å². The fraction of sp³-hybridized carbons (Fsp3) is 0.474. The van der Waals surface area contributed by atoms with Crippen molar-refractivity contribution in [1.82, 2.24) is 15.8 Å². The van der Waals surface area contributed by atoms with E-state index in [-0.39, 0.29) is 5.56 Å². The first-order valence-corrected chi connectivity index (χ1v) is 9.14. The molecule has 0 aromatic heterocycles. The van der Waals surface area contributed by atoms with Gasteiger partial charge in [-0.2, -0.15) is 5.01 Å². The second-order valence-corrected chi connectivity index (χ2v) is 7.01. The number of aryl methyl sites for hydroxylation is 1. The Balaban J connectivity index is 1.56. The summed E-state index contributed by atoms with van der Waals surface area (Å²) in [6, 6.07) is 4.10. The average Bonchev–Trinajstić information content (AvgIpc) is 2.91. The summed E-state index contributed by atoms with van der Waals surface area (Å²) in [4.78, 5) is 48.9. The predicted molar refractivity (Wildman–Crippen MR) is 97.3 cm³/mol. The molecule has 0 radical (unpaired) electrons. The maximum atomic E-state index is 12.6. The zero-order valence-corrected chi connectivity index (χ0v) is 15.9. The number of esters is 1. The molecule has 1 aliphatic heterocycles. The molecule has 1 aliphatic carbocycles. The molecule has 2 aliphatic rings. The van der Waals surface area contributed by atoms with Crippen LogP contribution in [0.1, 0.15) is 48.0 Å². The van der Waals surface area contributed by atoms with Crippen molar-refractivity contribution in [2.75, 3.05) is 13.7 Å². The van der Waals surface area contributed by atoms with Gasteiger partial charge in [-0.15, -0.1) is 0 Å². The summed E-state index contributed by atoms with van der Waals surface area (Å²) in [5.74, 6) is -1.44. The SMILES string of the molecule is COc1cc(C(=O)OCC(=O)NN2C(=O)NC3(CCCCC3)C2=O)ccc1C. The molecule has 0 unspecified atom stereocenters. The summed E-state index contributed by atoms with van der Waals surface area (Å²) >= 11 is 0. The van der Waals surface area contributed by atoms with E-state index in [0.29, 0.717) is 23.6 Å². The van der Waals surface area contributed by atoms with Gasteiger partial charge in [0.1, 0.15) is 11.3 Å². The Bertz CT molecular complexity index is 816. The van der Waals surface area contributed by atoms with Crippen LogP contribution in [0.15, 0.2) is 18.2 Å². The zero-order chi connectivity index (χ0) is 20.3. The van der Waals surface area contributed by atoms with Gasteiger partial charge in [0.15, 0.2) is 6.61 Å². The topological polar surface area (TPSA) is 114 Å². The molecule has 1 aromatic rings. The second kappa shape index (κ2) is 7.87. The van der Waals surface area contributed by atoms with Crippen molar-refractivity contribution in [3.05, 3.63) is 29.3 Å². The largest absolute Gasteiger partial charge is 0.496 e. The Morgan fingerprint density at radius 2 is 1.93 bits per heavy atom. The van der Waals surface area contributed by atoms with Crippen LogP contribution in [-0.2, 0) is 14.3 Å². The number of hydrazine groups is 1. The summed E-state index contributed by atoms with van der Waals surface area (Å²) in [5, 5.41) is 3.36. The minimum atomic E-state index is -0.933. The van der Waals surface area contributed by atoms with E-state index in [2.05, 4.69) is 10.7 Å². The van der Waals surface area contributed by atoms with Gasteiger partial charge in [-0.05, 0) is 37.5 Å². The number of hydrogen-bond donors (Lipinski definition) is 2. The molecule has 150 valence electrons. The standard InChI is InChI=1S/C19H23N3O6/c1-12-6-7-13(10-14(12)27-2)16(24)28-11-15(23)21-22-17(25)19(20-18(22)26)8-4-3-5-9-19/h6-7,10H,3-5,8-9,11H2,1-2H3,(H,20,26)(H,21,23). The average molecular weight is 389 g/mol. The number of urea groups is 1. The molecule has 1 saturated carbocycles. The van der Waals surface area contributed by atoms with Crippen molar-refractivity contribution >= 4 is 23.8 Å². The van der Waals surface area contributed by atoms with Gasteiger partial charge in [0, 0.05) is 0 Å². The van der Waals surface area contributed by atoms with Crippen molar-refractivity contribution in [2.45, 2.75) is 44.6 Å². The van der Waals surface area contributed by atoms with E-state index in [9.17, 15) is 19.2 Å². The maximum Gasteiger partial charge on any atom is 0.344 e. The highest BCUT2D eigenvalue weighted by atomic mass is 16.5.